The number of nitrogens with zero attached hydrogens (tertiary/aromatic N) is 3. The van der Waals surface area contributed by atoms with E-state index in [4.69, 9.17) is 0 Å². The fourth-order valence-electron chi connectivity index (χ4n) is 2.57. The first-order valence-electron chi connectivity index (χ1n) is 7.70. The Bertz CT molecular complexity index is 785. The van der Waals surface area contributed by atoms with Crippen LogP contribution in [-0.2, 0) is 7.05 Å². The first-order valence-corrected chi connectivity index (χ1v) is 7.70. The van der Waals surface area contributed by atoms with E-state index in [-0.39, 0.29) is 17.8 Å². The average Bonchev–Trinajstić information content (AvgIpc) is 2.70. The van der Waals surface area contributed by atoms with Gasteiger partial charge in [-0.15, -0.1) is 0 Å². The summed E-state index contributed by atoms with van der Waals surface area (Å²) in [5.74, 6) is 0. The minimum Gasteiger partial charge on any atom is -0.389 e. The van der Waals surface area contributed by atoms with Gasteiger partial charge in [0.15, 0.2) is 0 Å². The Labute approximate surface area is 141 Å². The van der Waals surface area contributed by atoms with Gasteiger partial charge in [-0.2, -0.15) is 0 Å². The van der Waals surface area contributed by atoms with Crippen molar-refractivity contribution in [1.82, 2.24) is 14.3 Å². The maximum atomic E-state index is 12.7. The fourth-order valence-corrected chi connectivity index (χ4v) is 2.57. The molecular weight excluding hydrogens is 308 g/mol. The van der Waals surface area contributed by atoms with Crippen LogP contribution in [0.2, 0.25) is 0 Å². The molecule has 130 valence electrons. The van der Waals surface area contributed by atoms with Crippen LogP contribution in [0.25, 0.3) is 5.69 Å². The van der Waals surface area contributed by atoms with Crippen LogP contribution in [0.1, 0.15) is 19.5 Å². The Morgan fingerprint density at radius 3 is 2.42 bits per heavy atom. The van der Waals surface area contributed by atoms with E-state index in [0.717, 1.165) is 5.69 Å². The number of para-hydroxylation sites is 1. The number of anilines is 1. The highest BCUT2D eigenvalue weighted by Crippen LogP contribution is 2.14. The summed E-state index contributed by atoms with van der Waals surface area (Å²) in [6.07, 6.45) is 0. The highest BCUT2D eigenvalue weighted by Gasteiger charge is 2.22. The van der Waals surface area contributed by atoms with Crippen LogP contribution in [-0.4, -0.2) is 44.6 Å². The lowest BCUT2D eigenvalue weighted by Gasteiger charge is -2.25. The largest absolute Gasteiger partial charge is 0.389 e. The van der Waals surface area contributed by atoms with Crippen LogP contribution >= 0.6 is 0 Å². The van der Waals surface area contributed by atoms with Gasteiger partial charge in [-0.05, 0) is 32.9 Å². The van der Waals surface area contributed by atoms with Crippen molar-refractivity contribution >= 4 is 11.7 Å². The van der Waals surface area contributed by atoms with Gasteiger partial charge < -0.3 is 15.3 Å². The first-order chi connectivity index (χ1) is 11.1. The third-order valence-electron chi connectivity index (χ3n) is 3.76. The third-order valence-corrected chi connectivity index (χ3v) is 3.76. The molecule has 2 amide bonds. The van der Waals surface area contributed by atoms with Crippen molar-refractivity contribution in [3.05, 3.63) is 46.4 Å². The van der Waals surface area contributed by atoms with Gasteiger partial charge in [-0.25, -0.2) is 9.48 Å². The maximum Gasteiger partial charge on any atom is 0.321 e. The molecule has 2 aromatic rings. The molecule has 1 aromatic carbocycles. The molecule has 24 heavy (non-hydrogen) atoms. The Morgan fingerprint density at radius 2 is 1.88 bits per heavy atom. The van der Waals surface area contributed by atoms with Gasteiger partial charge in [0.25, 0.3) is 5.56 Å². The van der Waals surface area contributed by atoms with Crippen molar-refractivity contribution in [2.45, 2.75) is 26.4 Å². The quantitative estimate of drug-likeness (QED) is 0.895. The summed E-state index contributed by atoms with van der Waals surface area (Å²) in [6, 6.07) is 8.78. The topological polar surface area (TPSA) is 79.5 Å². The second-order valence-electron chi connectivity index (χ2n) is 6.54. The number of benzene rings is 1. The Kier molecular flexibility index (Phi) is 4.84. The van der Waals surface area contributed by atoms with E-state index in [9.17, 15) is 14.7 Å². The number of likely N-dealkylation sites (N-methyl/N-ethyl adjacent to an activating group) is 1. The predicted molar refractivity (Wildman–Crippen MR) is 93.7 cm³/mol. The van der Waals surface area contributed by atoms with Gasteiger partial charge in [0.1, 0.15) is 5.69 Å². The van der Waals surface area contributed by atoms with E-state index < -0.39 is 11.6 Å². The molecule has 0 aliphatic heterocycles. The maximum absolute atomic E-state index is 12.7. The highest BCUT2D eigenvalue weighted by molar-refractivity contribution is 5.89. The number of carbonyl (C=O) groups excluding carboxylic acids is 1. The molecule has 0 unspecified atom stereocenters. The van der Waals surface area contributed by atoms with E-state index in [1.165, 1.54) is 9.58 Å². The number of nitrogens with one attached hydrogen (secondary N) is 1. The zero-order chi connectivity index (χ0) is 18.1. The molecule has 0 bridgehead atoms. The highest BCUT2D eigenvalue weighted by atomic mass is 16.3. The van der Waals surface area contributed by atoms with E-state index in [2.05, 4.69) is 5.32 Å². The predicted octanol–water partition coefficient (Wildman–Crippen LogP) is 1.72. The van der Waals surface area contributed by atoms with E-state index >= 15 is 0 Å². The summed E-state index contributed by atoms with van der Waals surface area (Å²) >= 11 is 0. The molecule has 0 saturated heterocycles. The van der Waals surface area contributed by atoms with Crippen LogP contribution < -0.4 is 10.9 Å². The molecule has 2 N–H and O–H groups in total. The van der Waals surface area contributed by atoms with Gasteiger partial charge in [-0.1, -0.05) is 18.2 Å². The zero-order valence-electron chi connectivity index (χ0n) is 14.7. The van der Waals surface area contributed by atoms with Crippen molar-refractivity contribution < 1.29 is 9.90 Å². The Hall–Kier alpha value is -2.54. The summed E-state index contributed by atoms with van der Waals surface area (Å²) in [5.41, 5.74) is 0.287. The van der Waals surface area contributed by atoms with Crippen molar-refractivity contribution in [3.8, 4) is 5.69 Å². The first kappa shape index (κ1) is 17.8. The lowest BCUT2D eigenvalue weighted by Crippen LogP contribution is -2.42. The van der Waals surface area contributed by atoms with Crippen molar-refractivity contribution in [1.29, 1.82) is 0 Å². The number of hydrogen-bond acceptors (Lipinski definition) is 3. The van der Waals surface area contributed by atoms with Crippen LogP contribution in [0, 0.1) is 6.92 Å². The molecule has 2 rings (SSSR count). The zero-order valence-corrected chi connectivity index (χ0v) is 14.7. The number of rotatable bonds is 4. The molecule has 0 radical (unpaired) electrons. The summed E-state index contributed by atoms with van der Waals surface area (Å²) in [6.45, 7) is 5.16. The standard InChI is InChI=1S/C17H24N4O3/c1-12-14(18-16(23)19(4)11-17(2,3)24)15(22)21(20(12)5)13-9-7-6-8-10-13/h6-10,24H,11H2,1-5H3,(H,18,23). The SMILES string of the molecule is Cc1c(NC(=O)N(C)CC(C)(C)O)c(=O)n(-c2ccccc2)n1C. The number of aliphatic hydroxyl groups is 1. The molecule has 0 aliphatic carbocycles. The summed E-state index contributed by atoms with van der Waals surface area (Å²) < 4.78 is 3.20. The smallest absolute Gasteiger partial charge is 0.321 e. The van der Waals surface area contributed by atoms with Gasteiger partial charge in [-0.3, -0.25) is 9.48 Å². The lowest BCUT2D eigenvalue weighted by atomic mass is 10.1. The number of hydrogen-bond donors (Lipinski definition) is 2. The molecule has 0 atom stereocenters. The van der Waals surface area contributed by atoms with Crippen molar-refractivity contribution in [2.24, 2.45) is 7.05 Å². The molecule has 7 nitrogen and oxygen atoms in total. The second kappa shape index (κ2) is 6.52. The number of carbonyl (C=O) groups is 1. The molecule has 1 heterocycles. The molecule has 0 fully saturated rings. The molecule has 0 aliphatic rings. The molecule has 0 saturated carbocycles. The van der Waals surface area contributed by atoms with Crippen LogP contribution in [0.4, 0.5) is 10.5 Å². The lowest BCUT2D eigenvalue weighted by molar-refractivity contribution is 0.0550. The van der Waals surface area contributed by atoms with Crippen LogP contribution in [0.5, 0.6) is 0 Å². The average molecular weight is 332 g/mol. The van der Waals surface area contributed by atoms with Crippen molar-refractivity contribution in [2.75, 3.05) is 18.9 Å². The van der Waals surface area contributed by atoms with Gasteiger partial charge >= 0.3 is 6.03 Å². The molecule has 7 heteroatoms. The van der Waals surface area contributed by atoms with Crippen molar-refractivity contribution in [3.63, 3.8) is 0 Å². The Morgan fingerprint density at radius 1 is 1.29 bits per heavy atom. The monoisotopic (exact) mass is 332 g/mol. The Balaban J connectivity index is 2.33. The third kappa shape index (κ3) is 3.68. The summed E-state index contributed by atoms with van der Waals surface area (Å²) in [5, 5.41) is 12.5. The fraction of sp³-hybridized carbons (Fsp3) is 0.412. The van der Waals surface area contributed by atoms with E-state index in [0.29, 0.717) is 5.69 Å². The van der Waals surface area contributed by atoms with Gasteiger partial charge in [0.2, 0.25) is 0 Å². The van der Waals surface area contributed by atoms with Gasteiger partial charge in [0, 0.05) is 14.1 Å². The molecule has 0 spiro atoms. The van der Waals surface area contributed by atoms with E-state index in [1.54, 1.807) is 39.5 Å². The minimum atomic E-state index is -1.01. The summed E-state index contributed by atoms with van der Waals surface area (Å²) in [4.78, 5) is 26.4. The molecular formula is C17H24N4O3. The summed E-state index contributed by atoms with van der Waals surface area (Å²) in [7, 11) is 3.33. The van der Waals surface area contributed by atoms with Crippen LogP contribution in [0.15, 0.2) is 35.1 Å². The molecule has 1 aromatic heterocycles. The normalized spacial score (nSPS) is 11.4. The number of aromatic nitrogens is 2. The van der Waals surface area contributed by atoms with Crippen LogP contribution in [0.3, 0.4) is 0 Å². The minimum absolute atomic E-state index is 0.150. The second-order valence-corrected chi connectivity index (χ2v) is 6.54. The van der Waals surface area contributed by atoms with E-state index in [1.807, 2.05) is 30.3 Å². The number of amides is 2. The van der Waals surface area contributed by atoms with Gasteiger partial charge in [0.05, 0.1) is 23.5 Å². The number of urea groups is 1.